The van der Waals surface area contributed by atoms with Crippen molar-refractivity contribution in [3.63, 3.8) is 0 Å². The van der Waals surface area contributed by atoms with E-state index < -0.39 is 29.7 Å². The van der Waals surface area contributed by atoms with Crippen molar-refractivity contribution >= 4 is 22.3 Å². The molecule has 1 aromatic carbocycles. The molecule has 2 aromatic rings. The minimum absolute atomic E-state index is 0.0680. The van der Waals surface area contributed by atoms with Crippen LogP contribution in [0.25, 0.3) is 0 Å². The molecule has 1 aliphatic heterocycles. The Balaban J connectivity index is 1.82. The third-order valence-electron chi connectivity index (χ3n) is 3.70. The molecular formula is C15H13F3N2O3S. The number of aliphatic hydroxyl groups excluding tert-OH is 2. The van der Waals surface area contributed by atoms with Crippen molar-refractivity contribution < 1.29 is 28.2 Å². The molecule has 1 saturated heterocycles. The number of rotatable bonds is 3. The van der Waals surface area contributed by atoms with E-state index in [0.717, 1.165) is 23.5 Å². The number of alkyl halides is 3. The summed E-state index contributed by atoms with van der Waals surface area (Å²) < 4.78 is 38.2. The van der Waals surface area contributed by atoms with Crippen molar-refractivity contribution in [1.82, 2.24) is 4.98 Å². The van der Waals surface area contributed by atoms with E-state index >= 15 is 0 Å². The molecule has 2 atom stereocenters. The molecule has 24 heavy (non-hydrogen) atoms. The van der Waals surface area contributed by atoms with Crippen LogP contribution in [0.2, 0.25) is 0 Å². The maximum Gasteiger partial charge on any atom is 0.416 e. The van der Waals surface area contributed by atoms with Crippen molar-refractivity contribution in [3.05, 3.63) is 46.5 Å². The predicted molar refractivity (Wildman–Crippen MR) is 81.2 cm³/mol. The van der Waals surface area contributed by atoms with Gasteiger partial charge in [0.25, 0.3) is 0 Å². The quantitative estimate of drug-likeness (QED) is 0.821. The first-order valence-corrected chi connectivity index (χ1v) is 7.86. The van der Waals surface area contributed by atoms with E-state index in [0.29, 0.717) is 5.13 Å². The molecule has 0 spiro atoms. The van der Waals surface area contributed by atoms with Gasteiger partial charge in [-0.05, 0) is 12.1 Å². The van der Waals surface area contributed by atoms with Gasteiger partial charge in [-0.1, -0.05) is 23.5 Å². The molecule has 0 saturated carbocycles. The molecular weight excluding hydrogens is 345 g/mol. The zero-order valence-corrected chi connectivity index (χ0v) is 13.0. The molecule has 2 N–H and O–H groups in total. The van der Waals surface area contributed by atoms with Crippen LogP contribution < -0.4 is 4.90 Å². The number of ketones is 1. The van der Waals surface area contributed by atoms with E-state index in [2.05, 4.69) is 4.98 Å². The van der Waals surface area contributed by atoms with Crippen LogP contribution >= 0.6 is 11.3 Å². The summed E-state index contributed by atoms with van der Waals surface area (Å²) in [7, 11) is 0. The first-order chi connectivity index (χ1) is 11.3. The lowest BCUT2D eigenvalue weighted by atomic mass is 10.1. The Hall–Kier alpha value is -1.97. The van der Waals surface area contributed by atoms with Crippen LogP contribution in [0.4, 0.5) is 18.3 Å². The van der Waals surface area contributed by atoms with Gasteiger partial charge in [-0.3, -0.25) is 4.79 Å². The monoisotopic (exact) mass is 358 g/mol. The summed E-state index contributed by atoms with van der Waals surface area (Å²) in [5.41, 5.74) is -0.953. The van der Waals surface area contributed by atoms with Crippen LogP contribution in [-0.4, -0.2) is 46.3 Å². The number of nitrogens with zero attached hydrogens (tertiary/aromatic N) is 2. The van der Waals surface area contributed by atoms with Crippen LogP contribution in [-0.2, 0) is 6.18 Å². The lowest BCUT2D eigenvalue weighted by molar-refractivity contribution is -0.137. The van der Waals surface area contributed by atoms with E-state index in [4.69, 9.17) is 0 Å². The Morgan fingerprint density at radius 3 is 2.54 bits per heavy atom. The Bertz CT molecular complexity index is 752. The summed E-state index contributed by atoms with van der Waals surface area (Å²) in [6.45, 7) is 0.373. The number of aromatic nitrogens is 1. The fourth-order valence-corrected chi connectivity index (χ4v) is 3.32. The van der Waals surface area contributed by atoms with E-state index in [1.165, 1.54) is 18.3 Å². The highest BCUT2D eigenvalue weighted by atomic mass is 32.1. The zero-order chi connectivity index (χ0) is 17.5. The molecule has 1 aromatic heterocycles. The Morgan fingerprint density at radius 1 is 1.25 bits per heavy atom. The second kappa shape index (κ2) is 6.15. The summed E-state index contributed by atoms with van der Waals surface area (Å²) in [6.07, 6.45) is -5.01. The normalized spacial score (nSPS) is 21.3. The van der Waals surface area contributed by atoms with Gasteiger partial charge in [0.1, 0.15) is 0 Å². The molecule has 3 rings (SSSR count). The van der Waals surface area contributed by atoms with Crippen molar-refractivity contribution in [1.29, 1.82) is 0 Å². The number of hydrogen-bond donors (Lipinski definition) is 2. The minimum atomic E-state index is -4.52. The van der Waals surface area contributed by atoms with Crippen molar-refractivity contribution in [2.45, 2.75) is 18.4 Å². The molecule has 1 fully saturated rings. The number of carbonyl (C=O) groups is 1. The topological polar surface area (TPSA) is 73.7 Å². The van der Waals surface area contributed by atoms with Crippen LogP contribution in [0.1, 0.15) is 20.8 Å². The number of carbonyl (C=O) groups excluding carboxylic acids is 1. The molecule has 1 aliphatic rings. The lowest BCUT2D eigenvalue weighted by Gasteiger charge is -2.12. The van der Waals surface area contributed by atoms with E-state index in [1.54, 1.807) is 4.90 Å². The average Bonchev–Trinajstić information content (AvgIpc) is 3.13. The third kappa shape index (κ3) is 3.28. The van der Waals surface area contributed by atoms with Gasteiger partial charge in [0.05, 0.1) is 28.8 Å². The fourth-order valence-electron chi connectivity index (χ4n) is 2.42. The van der Waals surface area contributed by atoms with Gasteiger partial charge >= 0.3 is 6.18 Å². The number of hydrogen-bond acceptors (Lipinski definition) is 6. The zero-order valence-electron chi connectivity index (χ0n) is 12.2. The summed E-state index contributed by atoms with van der Waals surface area (Å²) in [5, 5.41) is 19.5. The SMILES string of the molecule is O=C(c1cccc(C(F)(F)F)c1)c1cnc(N2CC(O)C(O)C2)s1. The Labute approximate surface area is 139 Å². The van der Waals surface area contributed by atoms with Crippen LogP contribution in [0, 0.1) is 0 Å². The van der Waals surface area contributed by atoms with Crippen molar-refractivity contribution in [2.75, 3.05) is 18.0 Å². The highest BCUT2D eigenvalue weighted by molar-refractivity contribution is 7.17. The number of benzene rings is 1. The smallest absolute Gasteiger partial charge is 0.389 e. The molecule has 0 aliphatic carbocycles. The number of thiazole rings is 1. The van der Waals surface area contributed by atoms with E-state index in [9.17, 15) is 28.2 Å². The molecule has 0 radical (unpaired) electrons. The summed E-state index contributed by atoms with van der Waals surface area (Å²) in [6, 6.07) is 4.22. The summed E-state index contributed by atoms with van der Waals surface area (Å²) >= 11 is 1.01. The number of β-amino-alcohol motifs (C(OH)–C–C–N with tert-alkyl or cyclic N) is 2. The summed E-state index contributed by atoms with van der Waals surface area (Å²) in [5.74, 6) is -0.551. The van der Waals surface area contributed by atoms with Crippen LogP contribution in [0.15, 0.2) is 30.5 Å². The van der Waals surface area contributed by atoms with Crippen molar-refractivity contribution in [2.24, 2.45) is 0 Å². The Kier molecular flexibility index (Phi) is 4.33. The van der Waals surface area contributed by atoms with Gasteiger partial charge in [0.15, 0.2) is 5.13 Å². The number of anilines is 1. The van der Waals surface area contributed by atoms with Gasteiger partial charge in [-0.25, -0.2) is 4.98 Å². The molecule has 0 amide bonds. The molecule has 2 unspecified atom stereocenters. The molecule has 128 valence electrons. The molecule has 5 nitrogen and oxygen atoms in total. The van der Waals surface area contributed by atoms with Gasteiger partial charge in [-0.15, -0.1) is 0 Å². The van der Waals surface area contributed by atoms with E-state index in [-0.39, 0.29) is 23.5 Å². The number of aliphatic hydroxyl groups is 2. The maximum atomic E-state index is 12.7. The third-order valence-corrected chi connectivity index (χ3v) is 4.76. The van der Waals surface area contributed by atoms with Gasteiger partial charge in [-0.2, -0.15) is 13.2 Å². The predicted octanol–water partition coefficient (Wildman–Crippen LogP) is 1.93. The van der Waals surface area contributed by atoms with Crippen LogP contribution in [0.5, 0.6) is 0 Å². The molecule has 2 heterocycles. The first-order valence-electron chi connectivity index (χ1n) is 7.04. The molecule has 9 heteroatoms. The second-order valence-electron chi connectivity index (χ2n) is 5.45. The molecule has 0 bridgehead atoms. The fraction of sp³-hybridized carbons (Fsp3) is 0.333. The average molecular weight is 358 g/mol. The lowest BCUT2D eigenvalue weighted by Crippen LogP contribution is -2.22. The maximum absolute atomic E-state index is 12.7. The standard InChI is InChI=1S/C15H13F3N2O3S/c16-15(17,18)9-3-1-2-8(4-9)13(23)12-5-19-14(24-12)20-6-10(21)11(22)7-20/h1-5,10-11,21-22H,6-7H2. The minimum Gasteiger partial charge on any atom is -0.389 e. The van der Waals surface area contributed by atoms with Gasteiger partial charge < -0.3 is 15.1 Å². The largest absolute Gasteiger partial charge is 0.416 e. The Morgan fingerprint density at radius 2 is 1.92 bits per heavy atom. The highest BCUT2D eigenvalue weighted by Gasteiger charge is 2.32. The summed E-state index contributed by atoms with van der Waals surface area (Å²) in [4.78, 5) is 18.3. The van der Waals surface area contributed by atoms with Crippen LogP contribution in [0.3, 0.4) is 0 Å². The first kappa shape index (κ1) is 16.9. The number of halogens is 3. The highest BCUT2D eigenvalue weighted by Crippen LogP contribution is 2.31. The second-order valence-corrected chi connectivity index (χ2v) is 6.46. The van der Waals surface area contributed by atoms with Crippen molar-refractivity contribution in [3.8, 4) is 0 Å². The van der Waals surface area contributed by atoms with Gasteiger partial charge in [0, 0.05) is 18.7 Å². The van der Waals surface area contributed by atoms with E-state index in [1.807, 2.05) is 0 Å². The van der Waals surface area contributed by atoms with Gasteiger partial charge in [0.2, 0.25) is 5.78 Å².